The van der Waals surface area contributed by atoms with Gasteiger partial charge in [-0.05, 0) is 29.5 Å². The molecular weight excluding hydrogens is 354 g/mol. The molecule has 0 atom stereocenters. The zero-order valence-corrected chi connectivity index (χ0v) is 14.1. The first-order chi connectivity index (χ1) is 13.0. The largest absolute Gasteiger partial charge is 0.454 e. The molecule has 0 spiro atoms. The van der Waals surface area contributed by atoms with E-state index in [0.717, 1.165) is 0 Å². The summed E-state index contributed by atoms with van der Waals surface area (Å²) >= 11 is 0. The zero-order valence-electron chi connectivity index (χ0n) is 14.1. The van der Waals surface area contributed by atoms with Crippen molar-refractivity contribution in [2.24, 2.45) is 0 Å². The van der Waals surface area contributed by atoms with Gasteiger partial charge in [0.15, 0.2) is 6.61 Å². The molecule has 1 aromatic heterocycles. The molecule has 0 aliphatic rings. The molecule has 0 N–H and O–H groups in total. The third-order valence-corrected chi connectivity index (χ3v) is 3.78. The molecule has 0 saturated carbocycles. The lowest BCUT2D eigenvalue weighted by molar-refractivity contribution is -0.385. The van der Waals surface area contributed by atoms with Gasteiger partial charge in [-0.2, -0.15) is 4.68 Å². The molecule has 0 unspecified atom stereocenters. The van der Waals surface area contributed by atoms with Gasteiger partial charge in [0.25, 0.3) is 5.69 Å². The highest BCUT2D eigenvalue weighted by atomic mass is 16.6. The summed E-state index contributed by atoms with van der Waals surface area (Å²) in [5.41, 5.74) is 0.924. The number of esters is 1. The molecule has 2 aromatic carbocycles. The number of nitrogens with zero attached hydrogens (tertiary/aromatic N) is 5. The summed E-state index contributed by atoms with van der Waals surface area (Å²) in [7, 11) is 0. The molecule has 0 bridgehead atoms. The van der Waals surface area contributed by atoms with Gasteiger partial charge in [-0.1, -0.05) is 24.3 Å². The van der Waals surface area contributed by atoms with E-state index in [4.69, 9.17) is 4.74 Å². The monoisotopic (exact) mass is 367 g/mol. The SMILES string of the molecule is Cc1ccc(C(=O)COC(=O)c2ccccc2-n2cnnn2)cc1[N+](=O)[O-]. The highest BCUT2D eigenvalue weighted by Gasteiger charge is 2.19. The lowest BCUT2D eigenvalue weighted by Gasteiger charge is -2.08. The van der Waals surface area contributed by atoms with Gasteiger partial charge in [-0.25, -0.2) is 4.79 Å². The van der Waals surface area contributed by atoms with Crippen LogP contribution in [0, 0.1) is 17.0 Å². The summed E-state index contributed by atoms with van der Waals surface area (Å²) in [6.45, 7) is 1.02. The Bertz CT molecular complexity index is 1020. The Balaban J connectivity index is 1.74. The third kappa shape index (κ3) is 3.84. The molecule has 136 valence electrons. The van der Waals surface area contributed by atoms with Crippen LogP contribution in [-0.4, -0.2) is 43.5 Å². The van der Waals surface area contributed by atoms with Crippen LogP contribution in [0.1, 0.15) is 26.3 Å². The first-order valence-electron chi connectivity index (χ1n) is 7.75. The molecule has 0 aliphatic carbocycles. The predicted molar refractivity (Wildman–Crippen MR) is 91.6 cm³/mol. The van der Waals surface area contributed by atoms with E-state index in [-0.39, 0.29) is 16.8 Å². The zero-order chi connectivity index (χ0) is 19.4. The topological polar surface area (TPSA) is 130 Å². The number of tetrazole rings is 1. The van der Waals surface area contributed by atoms with Crippen LogP contribution in [0.3, 0.4) is 0 Å². The van der Waals surface area contributed by atoms with E-state index in [2.05, 4.69) is 15.5 Å². The van der Waals surface area contributed by atoms with Gasteiger partial charge in [-0.3, -0.25) is 14.9 Å². The number of aryl methyl sites for hydroxylation is 1. The minimum atomic E-state index is -0.740. The molecule has 0 fully saturated rings. The fourth-order valence-electron chi connectivity index (χ4n) is 2.39. The average Bonchev–Trinajstić information content (AvgIpc) is 3.20. The van der Waals surface area contributed by atoms with E-state index < -0.39 is 23.3 Å². The number of rotatable bonds is 6. The first-order valence-corrected chi connectivity index (χ1v) is 7.75. The number of aromatic nitrogens is 4. The second-order valence-corrected chi connectivity index (χ2v) is 5.53. The molecule has 0 amide bonds. The fraction of sp³-hybridized carbons (Fsp3) is 0.118. The Morgan fingerprint density at radius 2 is 2.00 bits per heavy atom. The highest BCUT2D eigenvalue weighted by Crippen LogP contribution is 2.20. The average molecular weight is 367 g/mol. The summed E-state index contributed by atoms with van der Waals surface area (Å²) in [4.78, 5) is 35.0. The van der Waals surface area contributed by atoms with E-state index in [1.54, 1.807) is 25.1 Å². The Morgan fingerprint density at radius 3 is 2.70 bits per heavy atom. The molecular formula is C17H13N5O5. The van der Waals surface area contributed by atoms with Gasteiger partial charge < -0.3 is 4.74 Å². The number of benzene rings is 2. The number of nitro benzene ring substituents is 1. The van der Waals surface area contributed by atoms with Crippen molar-refractivity contribution >= 4 is 17.4 Å². The van der Waals surface area contributed by atoms with Gasteiger partial charge in [0.1, 0.15) is 6.33 Å². The minimum absolute atomic E-state index is 0.0915. The van der Waals surface area contributed by atoms with Crippen molar-refractivity contribution in [3.8, 4) is 5.69 Å². The molecule has 0 radical (unpaired) electrons. The molecule has 1 heterocycles. The Morgan fingerprint density at radius 1 is 1.22 bits per heavy atom. The van der Waals surface area contributed by atoms with Crippen molar-refractivity contribution in [1.29, 1.82) is 0 Å². The minimum Gasteiger partial charge on any atom is -0.454 e. The van der Waals surface area contributed by atoms with Gasteiger partial charge in [-0.15, -0.1) is 5.10 Å². The Labute approximate surface area is 152 Å². The summed E-state index contributed by atoms with van der Waals surface area (Å²) in [6, 6.07) is 10.6. The Hall–Kier alpha value is -3.95. The number of ether oxygens (including phenoxy) is 1. The maximum atomic E-state index is 12.4. The number of ketones is 1. The number of para-hydroxylation sites is 1. The number of carbonyl (C=O) groups excluding carboxylic acids is 2. The number of hydrogen-bond acceptors (Lipinski definition) is 8. The fourth-order valence-corrected chi connectivity index (χ4v) is 2.39. The van der Waals surface area contributed by atoms with Crippen LogP contribution < -0.4 is 0 Å². The van der Waals surface area contributed by atoms with Crippen molar-refractivity contribution in [1.82, 2.24) is 20.2 Å². The maximum Gasteiger partial charge on any atom is 0.340 e. The van der Waals surface area contributed by atoms with E-state index in [1.165, 1.54) is 35.3 Å². The number of carbonyl (C=O) groups is 2. The highest BCUT2D eigenvalue weighted by molar-refractivity contribution is 6.00. The second-order valence-electron chi connectivity index (χ2n) is 5.53. The van der Waals surface area contributed by atoms with Crippen molar-refractivity contribution in [2.75, 3.05) is 6.61 Å². The molecule has 3 rings (SSSR count). The number of hydrogen-bond donors (Lipinski definition) is 0. The molecule has 10 nitrogen and oxygen atoms in total. The molecule has 0 aliphatic heterocycles. The molecule has 27 heavy (non-hydrogen) atoms. The van der Waals surface area contributed by atoms with E-state index in [1.807, 2.05) is 0 Å². The van der Waals surface area contributed by atoms with E-state index in [0.29, 0.717) is 11.3 Å². The van der Waals surface area contributed by atoms with Crippen LogP contribution in [0.5, 0.6) is 0 Å². The molecule has 10 heteroatoms. The Kier molecular flexibility index (Phi) is 4.97. The maximum absolute atomic E-state index is 12.4. The van der Waals surface area contributed by atoms with E-state index in [9.17, 15) is 19.7 Å². The van der Waals surface area contributed by atoms with Crippen molar-refractivity contribution in [3.05, 3.63) is 75.6 Å². The normalized spacial score (nSPS) is 10.4. The molecule has 3 aromatic rings. The summed E-state index contributed by atoms with van der Waals surface area (Å²) < 4.78 is 6.37. The van der Waals surface area contributed by atoms with Crippen LogP contribution in [0.25, 0.3) is 5.69 Å². The summed E-state index contributed by atoms with van der Waals surface area (Å²) in [5.74, 6) is -1.29. The van der Waals surface area contributed by atoms with Gasteiger partial charge in [0.05, 0.1) is 16.2 Å². The quantitative estimate of drug-likeness (QED) is 0.279. The van der Waals surface area contributed by atoms with Crippen LogP contribution in [-0.2, 0) is 4.74 Å². The second kappa shape index (κ2) is 7.52. The molecule has 0 saturated heterocycles. The van der Waals surface area contributed by atoms with Crippen LogP contribution in [0.2, 0.25) is 0 Å². The lowest BCUT2D eigenvalue weighted by Crippen LogP contribution is -2.16. The first kappa shape index (κ1) is 17.9. The van der Waals surface area contributed by atoms with Crippen molar-refractivity contribution in [2.45, 2.75) is 6.92 Å². The third-order valence-electron chi connectivity index (χ3n) is 3.78. The van der Waals surface area contributed by atoms with Gasteiger partial charge in [0, 0.05) is 17.2 Å². The van der Waals surface area contributed by atoms with Crippen molar-refractivity contribution < 1.29 is 19.2 Å². The summed E-state index contributed by atoms with van der Waals surface area (Å²) in [5, 5.41) is 21.7. The lowest BCUT2D eigenvalue weighted by atomic mass is 10.1. The predicted octanol–water partition coefficient (Wildman–Crippen LogP) is 1.92. The summed E-state index contributed by atoms with van der Waals surface area (Å²) in [6.07, 6.45) is 1.32. The van der Waals surface area contributed by atoms with Gasteiger partial charge in [0.2, 0.25) is 5.78 Å². The van der Waals surface area contributed by atoms with Crippen LogP contribution in [0.4, 0.5) is 5.69 Å². The standard InChI is InChI=1S/C17H13N5O5/c1-11-6-7-12(8-15(11)22(25)26)16(23)9-27-17(24)13-4-2-3-5-14(13)21-10-18-19-20-21/h2-8,10H,9H2,1H3. The van der Waals surface area contributed by atoms with E-state index >= 15 is 0 Å². The van der Waals surface area contributed by atoms with Crippen LogP contribution in [0.15, 0.2) is 48.8 Å². The number of nitro groups is 1. The van der Waals surface area contributed by atoms with Gasteiger partial charge >= 0.3 is 5.97 Å². The van der Waals surface area contributed by atoms with Crippen molar-refractivity contribution in [3.63, 3.8) is 0 Å². The number of Topliss-reactive ketones (excluding diaryl/α,β-unsaturated/α-hetero) is 1. The van der Waals surface area contributed by atoms with Crippen LogP contribution >= 0.6 is 0 Å². The smallest absolute Gasteiger partial charge is 0.340 e.